The number of hydrogen-bond donors (Lipinski definition) is 1. The summed E-state index contributed by atoms with van der Waals surface area (Å²) in [5.74, 6) is 0.0936. The van der Waals surface area contributed by atoms with Gasteiger partial charge in [-0.1, -0.05) is 42.5 Å². The molecule has 3 nitrogen and oxygen atoms in total. The zero-order valence-electron chi connectivity index (χ0n) is 11.0. The molecule has 1 aromatic heterocycles. The van der Waals surface area contributed by atoms with Gasteiger partial charge in [-0.25, -0.2) is 0 Å². The van der Waals surface area contributed by atoms with E-state index < -0.39 is 0 Å². The predicted molar refractivity (Wildman–Crippen MR) is 76.5 cm³/mol. The van der Waals surface area contributed by atoms with E-state index in [1.807, 2.05) is 42.5 Å². The van der Waals surface area contributed by atoms with Crippen LogP contribution < -0.4 is 5.48 Å². The molecule has 98 valence electrons. The van der Waals surface area contributed by atoms with Crippen molar-refractivity contribution in [3.05, 3.63) is 78.6 Å². The van der Waals surface area contributed by atoms with Crippen molar-refractivity contribution in [1.82, 2.24) is 10.5 Å². The molecule has 2 rings (SSSR count). The Balaban J connectivity index is 2.34. The highest BCUT2D eigenvalue weighted by molar-refractivity contribution is 5.28. The summed E-state index contributed by atoms with van der Waals surface area (Å²) in [5.41, 5.74) is 5.12. The normalized spacial score (nSPS) is 13.7. The van der Waals surface area contributed by atoms with E-state index in [0.29, 0.717) is 0 Å². The molecule has 0 saturated carbocycles. The fraction of sp³-hybridized carbons (Fsp3) is 0.188. The van der Waals surface area contributed by atoms with Gasteiger partial charge < -0.3 is 4.84 Å². The third-order valence-corrected chi connectivity index (χ3v) is 3.05. The highest BCUT2D eigenvalue weighted by Crippen LogP contribution is 2.30. The second-order valence-corrected chi connectivity index (χ2v) is 4.23. The molecule has 3 heteroatoms. The lowest BCUT2D eigenvalue weighted by Crippen LogP contribution is -2.26. The van der Waals surface area contributed by atoms with Crippen LogP contribution in [0.5, 0.6) is 0 Å². The molecule has 0 aliphatic carbocycles. The first-order chi connectivity index (χ1) is 9.36. The summed E-state index contributed by atoms with van der Waals surface area (Å²) < 4.78 is 0. The maximum atomic E-state index is 5.12. The molecule has 2 aromatic rings. The van der Waals surface area contributed by atoms with E-state index in [9.17, 15) is 0 Å². The molecular weight excluding hydrogens is 236 g/mol. The van der Waals surface area contributed by atoms with E-state index in [2.05, 4.69) is 29.2 Å². The lowest BCUT2D eigenvalue weighted by molar-refractivity contribution is 0.0548. The Labute approximate surface area is 113 Å². The van der Waals surface area contributed by atoms with Crippen LogP contribution in [0.3, 0.4) is 0 Å². The summed E-state index contributed by atoms with van der Waals surface area (Å²) in [6.07, 6.45) is 3.70. The maximum Gasteiger partial charge on any atom is 0.0845 e. The van der Waals surface area contributed by atoms with Gasteiger partial charge in [0.2, 0.25) is 0 Å². The number of hydroxylamine groups is 1. The lowest BCUT2D eigenvalue weighted by Gasteiger charge is -2.24. The summed E-state index contributed by atoms with van der Waals surface area (Å²) in [6, 6.07) is 16.0. The van der Waals surface area contributed by atoms with Crippen LogP contribution in [-0.4, -0.2) is 12.1 Å². The van der Waals surface area contributed by atoms with Gasteiger partial charge in [0.15, 0.2) is 0 Å². The number of hydrogen-bond acceptors (Lipinski definition) is 3. The average Bonchev–Trinajstić information content (AvgIpc) is 2.49. The van der Waals surface area contributed by atoms with Crippen molar-refractivity contribution in [2.24, 2.45) is 0 Å². The Morgan fingerprint density at radius 3 is 2.47 bits per heavy atom. The molecular formula is C16H18N2O. The van der Waals surface area contributed by atoms with Crippen molar-refractivity contribution in [3.63, 3.8) is 0 Å². The lowest BCUT2D eigenvalue weighted by atomic mass is 9.90. The minimum atomic E-state index is -0.0638. The molecule has 0 aliphatic rings. The third-order valence-electron chi connectivity index (χ3n) is 3.05. The van der Waals surface area contributed by atoms with Gasteiger partial charge in [0, 0.05) is 12.1 Å². The zero-order valence-corrected chi connectivity index (χ0v) is 11.0. The standard InChI is InChI=1S/C16H18N2O/c1-3-14(13-9-5-4-6-10-13)16(18-19-2)15-11-7-8-12-17-15/h3-12,14,16,18H,1H2,2H3/t14-,16-/m0/s1. The Bertz CT molecular complexity index is 499. The van der Waals surface area contributed by atoms with Crippen LogP contribution in [-0.2, 0) is 4.84 Å². The van der Waals surface area contributed by atoms with E-state index in [1.165, 1.54) is 5.56 Å². The summed E-state index contributed by atoms with van der Waals surface area (Å²) in [7, 11) is 1.61. The Hall–Kier alpha value is -1.97. The summed E-state index contributed by atoms with van der Waals surface area (Å²) >= 11 is 0. The SMILES string of the molecule is C=C[C@@H](c1ccccc1)[C@H](NOC)c1ccccn1. The minimum Gasteiger partial charge on any atom is -0.304 e. The maximum absolute atomic E-state index is 5.12. The van der Waals surface area contributed by atoms with Gasteiger partial charge in [-0.3, -0.25) is 4.98 Å². The van der Waals surface area contributed by atoms with Gasteiger partial charge in [-0.15, -0.1) is 6.58 Å². The Morgan fingerprint density at radius 2 is 1.89 bits per heavy atom. The van der Waals surface area contributed by atoms with Crippen molar-refractivity contribution in [2.75, 3.05) is 7.11 Å². The third kappa shape index (κ3) is 3.28. The fourth-order valence-corrected chi connectivity index (χ4v) is 2.14. The van der Waals surface area contributed by atoms with Crippen molar-refractivity contribution in [2.45, 2.75) is 12.0 Å². The molecule has 0 bridgehead atoms. The highest BCUT2D eigenvalue weighted by Gasteiger charge is 2.23. The Morgan fingerprint density at radius 1 is 1.16 bits per heavy atom. The number of nitrogens with one attached hydrogen (secondary N) is 1. The highest BCUT2D eigenvalue weighted by atomic mass is 16.6. The smallest absolute Gasteiger partial charge is 0.0845 e. The first-order valence-corrected chi connectivity index (χ1v) is 6.23. The fourth-order valence-electron chi connectivity index (χ4n) is 2.14. The predicted octanol–water partition coefficient (Wildman–Crippen LogP) is 3.24. The van der Waals surface area contributed by atoms with Crippen LogP contribution in [0.2, 0.25) is 0 Å². The molecule has 0 radical (unpaired) electrons. The quantitative estimate of drug-likeness (QED) is 0.634. The molecule has 1 heterocycles. The summed E-state index contributed by atoms with van der Waals surface area (Å²) in [4.78, 5) is 9.53. The van der Waals surface area contributed by atoms with Crippen LogP contribution in [0.1, 0.15) is 23.2 Å². The number of nitrogens with zero attached hydrogens (tertiary/aromatic N) is 1. The van der Waals surface area contributed by atoms with Crippen molar-refractivity contribution in [3.8, 4) is 0 Å². The molecule has 0 unspecified atom stereocenters. The van der Waals surface area contributed by atoms with E-state index in [0.717, 1.165) is 5.69 Å². The molecule has 19 heavy (non-hydrogen) atoms. The van der Waals surface area contributed by atoms with E-state index in [1.54, 1.807) is 13.3 Å². The first-order valence-electron chi connectivity index (χ1n) is 6.23. The minimum absolute atomic E-state index is 0.0638. The van der Waals surface area contributed by atoms with Crippen LogP contribution in [0, 0.1) is 0 Å². The second kappa shape index (κ2) is 6.83. The van der Waals surface area contributed by atoms with Crippen LogP contribution >= 0.6 is 0 Å². The summed E-state index contributed by atoms with van der Waals surface area (Å²) in [5, 5.41) is 0. The second-order valence-electron chi connectivity index (χ2n) is 4.23. The van der Waals surface area contributed by atoms with Crippen molar-refractivity contribution in [1.29, 1.82) is 0 Å². The number of rotatable bonds is 6. The van der Waals surface area contributed by atoms with E-state index >= 15 is 0 Å². The number of aromatic nitrogens is 1. The molecule has 2 atom stereocenters. The van der Waals surface area contributed by atoms with Crippen molar-refractivity contribution < 1.29 is 4.84 Å². The first kappa shape index (κ1) is 13.5. The zero-order chi connectivity index (χ0) is 13.5. The van der Waals surface area contributed by atoms with Gasteiger partial charge in [0.25, 0.3) is 0 Å². The van der Waals surface area contributed by atoms with Gasteiger partial charge in [-0.05, 0) is 17.7 Å². The van der Waals surface area contributed by atoms with Gasteiger partial charge >= 0.3 is 0 Å². The molecule has 0 spiro atoms. The Kier molecular flexibility index (Phi) is 4.84. The molecule has 1 aromatic carbocycles. The monoisotopic (exact) mass is 254 g/mol. The topological polar surface area (TPSA) is 34.1 Å². The number of benzene rings is 1. The number of pyridine rings is 1. The van der Waals surface area contributed by atoms with Gasteiger partial charge in [-0.2, -0.15) is 5.48 Å². The van der Waals surface area contributed by atoms with Gasteiger partial charge in [0.05, 0.1) is 18.8 Å². The van der Waals surface area contributed by atoms with Crippen LogP contribution in [0.25, 0.3) is 0 Å². The molecule has 1 N–H and O–H groups in total. The van der Waals surface area contributed by atoms with E-state index in [-0.39, 0.29) is 12.0 Å². The average molecular weight is 254 g/mol. The van der Waals surface area contributed by atoms with Crippen LogP contribution in [0.4, 0.5) is 0 Å². The largest absolute Gasteiger partial charge is 0.304 e. The molecule has 0 saturated heterocycles. The van der Waals surface area contributed by atoms with Gasteiger partial charge in [0.1, 0.15) is 0 Å². The van der Waals surface area contributed by atoms with Crippen molar-refractivity contribution >= 4 is 0 Å². The molecule has 0 fully saturated rings. The molecule has 0 aliphatic heterocycles. The van der Waals surface area contributed by atoms with E-state index in [4.69, 9.17) is 4.84 Å². The summed E-state index contributed by atoms with van der Waals surface area (Å²) in [6.45, 7) is 3.94. The van der Waals surface area contributed by atoms with Crippen LogP contribution in [0.15, 0.2) is 67.4 Å². The molecule has 0 amide bonds.